The molecule has 0 aliphatic carbocycles. The minimum atomic E-state index is -0.316. The predicted octanol–water partition coefficient (Wildman–Crippen LogP) is 3.70. The third-order valence-corrected chi connectivity index (χ3v) is 4.21. The molecule has 118 valence electrons. The summed E-state index contributed by atoms with van der Waals surface area (Å²) in [5.74, 6) is 0.481. The highest BCUT2D eigenvalue weighted by Crippen LogP contribution is 2.19. The average molecular weight is 328 g/mol. The van der Waals surface area contributed by atoms with Crippen LogP contribution in [-0.2, 0) is 22.6 Å². The molecule has 5 nitrogen and oxygen atoms in total. The van der Waals surface area contributed by atoms with Gasteiger partial charge in [-0.15, -0.1) is 0 Å². The summed E-state index contributed by atoms with van der Waals surface area (Å²) in [7, 11) is 0. The van der Waals surface area contributed by atoms with Gasteiger partial charge in [-0.3, -0.25) is 4.79 Å². The van der Waals surface area contributed by atoms with Crippen molar-refractivity contribution in [1.82, 2.24) is 10.1 Å². The van der Waals surface area contributed by atoms with Crippen molar-refractivity contribution in [3.05, 3.63) is 57.6 Å². The molecule has 0 aliphatic heterocycles. The number of thiophene rings is 1. The number of hydrogen-bond acceptors (Lipinski definition) is 6. The quantitative estimate of drug-likeness (QED) is 0.668. The van der Waals surface area contributed by atoms with Crippen molar-refractivity contribution in [2.24, 2.45) is 0 Å². The summed E-state index contributed by atoms with van der Waals surface area (Å²) in [6.07, 6.45) is 0.229. The molecule has 0 fully saturated rings. The second-order valence-electron chi connectivity index (χ2n) is 5.28. The van der Waals surface area contributed by atoms with Crippen LogP contribution in [0.1, 0.15) is 22.6 Å². The van der Waals surface area contributed by atoms with Crippen LogP contribution in [0, 0.1) is 13.8 Å². The van der Waals surface area contributed by atoms with E-state index in [2.05, 4.69) is 10.1 Å². The van der Waals surface area contributed by atoms with Crippen molar-refractivity contribution < 1.29 is 14.1 Å². The van der Waals surface area contributed by atoms with E-state index >= 15 is 0 Å². The zero-order valence-corrected chi connectivity index (χ0v) is 13.7. The highest BCUT2D eigenvalue weighted by molar-refractivity contribution is 7.08. The summed E-state index contributed by atoms with van der Waals surface area (Å²) in [5.41, 5.74) is 4.19. The molecule has 3 aromatic rings. The normalized spacial score (nSPS) is 10.7. The minimum Gasteiger partial charge on any atom is -0.455 e. The van der Waals surface area contributed by atoms with Crippen LogP contribution in [0.4, 0.5) is 0 Å². The van der Waals surface area contributed by atoms with Crippen LogP contribution in [0.3, 0.4) is 0 Å². The number of rotatable bonds is 5. The van der Waals surface area contributed by atoms with Gasteiger partial charge < -0.3 is 9.26 Å². The van der Waals surface area contributed by atoms with Crippen molar-refractivity contribution in [2.45, 2.75) is 26.9 Å². The van der Waals surface area contributed by atoms with Crippen LogP contribution in [0.2, 0.25) is 0 Å². The molecule has 0 N–H and O–H groups in total. The topological polar surface area (TPSA) is 65.2 Å². The van der Waals surface area contributed by atoms with Gasteiger partial charge in [0.05, 0.1) is 6.42 Å². The van der Waals surface area contributed by atoms with Gasteiger partial charge >= 0.3 is 5.97 Å². The van der Waals surface area contributed by atoms with Crippen molar-refractivity contribution in [3.8, 4) is 11.4 Å². The summed E-state index contributed by atoms with van der Waals surface area (Å²) in [6.45, 7) is 4.05. The number of hydrogen-bond donors (Lipinski definition) is 0. The maximum Gasteiger partial charge on any atom is 0.310 e. The van der Waals surface area contributed by atoms with E-state index in [1.807, 2.05) is 48.9 Å². The maximum atomic E-state index is 11.9. The first-order valence-corrected chi connectivity index (χ1v) is 8.13. The van der Waals surface area contributed by atoms with E-state index in [1.165, 1.54) is 5.56 Å². The second kappa shape index (κ2) is 6.75. The summed E-state index contributed by atoms with van der Waals surface area (Å²) >= 11 is 1.56. The fourth-order valence-electron chi connectivity index (χ4n) is 2.10. The van der Waals surface area contributed by atoms with Gasteiger partial charge in [0.25, 0.3) is 5.89 Å². The third kappa shape index (κ3) is 3.84. The van der Waals surface area contributed by atoms with Gasteiger partial charge in [0.2, 0.25) is 5.82 Å². The van der Waals surface area contributed by atoms with Crippen LogP contribution < -0.4 is 0 Å². The predicted molar refractivity (Wildman–Crippen MR) is 87.0 cm³/mol. The second-order valence-corrected chi connectivity index (χ2v) is 6.06. The standard InChI is InChI=1S/C17H16N2O3S/c1-11-3-4-13(7-12(11)2)8-16(20)21-9-15-18-17(19-22-15)14-5-6-23-10-14/h3-7,10H,8-9H2,1-2H3. The molecule has 2 aromatic heterocycles. The van der Waals surface area contributed by atoms with E-state index in [0.29, 0.717) is 11.7 Å². The van der Waals surface area contributed by atoms with Gasteiger partial charge in [-0.1, -0.05) is 23.4 Å². The van der Waals surface area contributed by atoms with E-state index in [-0.39, 0.29) is 19.0 Å². The molecule has 0 saturated heterocycles. The molecule has 0 radical (unpaired) electrons. The maximum absolute atomic E-state index is 11.9. The molecule has 0 spiro atoms. The molecular formula is C17H16N2O3S. The van der Waals surface area contributed by atoms with E-state index in [4.69, 9.17) is 9.26 Å². The molecule has 0 atom stereocenters. The SMILES string of the molecule is Cc1ccc(CC(=O)OCc2nc(-c3ccsc3)no2)cc1C. The van der Waals surface area contributed by atoms with Gasteiger partial charge in [-0.25, -0.2) is 0 Å². The Morgan fingerprint density at radius 3 is 2.87 bits per heavy atom. The summed E-state index contributed by atoms with van der Waals surface area (Å²) in [5, 5.41) is 7.74. The number of esters is 1. The Bertz CT molecular complexity index is 809. The molecule has 0 saturated carbocycles. The smallest absolute Gasteiger partial charge is 0.310 e. The molecule has 23 heavy (non-hydrogen) atoms. The fraction of sp³-hybridized carbons (Fsp3) is 0.235. The highest BCUT2D eigenvalue weighted by Gasteiger charge is 2.12. The number of benzene rings is 1. The lowest BCUT2D eigenvalue weighted by Crippen LogP contribution is -2.08. The number of carbonyl (C=O) groups excluding carboxylic acids is 1. The summed E-state index contributed by atoms with van der Waals surface area (Å²) in [6, 6.07) is 7.84. The Labute approximate surface area is 137 Å². The summed E-state index contributed by atoms with van der Waals surface area (Å²) < 4.78 is 10.3. The first-order valence-electron chi connectivity index (χ1n) is 7.19. The van der Waals surface area contributed by atoms with Crippen LogP contribution >= 0.6 is 11.3 Å². The molecule has 6 heteroatoms. The molecule has 0 bridgehead atoms. The first kappa shape index (κ1) is 15.4. The minimum absolute atomic E-state index is 0.0131. The fourth-order valence-corrected chi connectivity index (χ4v) is 2.73. The molecule has 0 unspecified atom stereocenters. The number of nitrogens with zero attached hydrogens (tertiary/aromatic N) is 2. The Balaban J connectivity index is 1.55. The van der Waals surface area contributed by atoms with Crippen LogP contribution in [-0.4, -0.2) is 16.1 Å². The number of ether oxygens (including phenoxy) is 1. The first-order chi connectivity index (χ1) is 11.1. The van der Waals surface area contributed by atoms with Crippen molar-refractivity contribution in [2.75, 3.05) is 0 Å². The number of aryl methyl sites for hydroxylation is 2. The van der Waals surface area contributed by atoms with Crippen molar-refractivity contribution >= 4 is 17.3 Å². The number of aromatic nitrogens is 2. The van der Waals surface area contributed by atoms with Crippen molar-refractivity contribution in [3.63, 3.8) is 0 Å². The van der Waals surface area contributed by atoms with E-state index < -0.39 is 0 Å². The molecule has 0 amide bonds. The van der Waals surface area contributed by atoms with Gasteiger partial charge in [0.15, 0.2) is 6.61 Å². The Morgan fingerprint density at radius 2 is 2.13 bits per heavy atom. The largest absolute Gasteiger partial charge is 0.455 e. The summed E-state index contributed by atoms with van der Waals surface area (Å²) in [4.78, 5) is 16.1. The van der Waals surface area contributed by atoms with Gasteiger partial charge in [0, 0.05) is 10.9 Å². The number of carbonyl (C=O) groups is 1. The van der Waals surface area contributed by atoms with E-state index in [0.717, 1.165) is 16.7 Å². The highest BCUT2D eigenvalue weighted by atomic mass is 32.1. The zero-order valence-electron chi connectivity index (χ0n) is 12.9. The van der Waals surface area contributed by atoms with Gasteiger partial charge in [-0.2, -0.15) is 16.3 Å². The van der Waals surface area contributed by atoms with Crippen LogP contribution in [0.25, 0.3) is 11.4 Å². The van der Waals surface area contributed by atoms with Crippen LogP contribution in [0.5, 0.6) is 0 Å². The average Bonchev–Trinajstić information content (AvgIpc) is 3.19. The van der Waals surface area contributed by atoms with E-state index in [1.54, 1.807) is 11.3 Å². The Morgan fingerprint density at radius 1 is 1.26 bits per heavy atom. The Kier molecular flexibility index (Phi) is 4.52. The zero-order chi connectivity index (χ0) is 16.2. The van der Waals surface area contributed by atoms with Gasteiger partial charge in [0.1, 0.15) is 0 Å². The van der Waals surface area contributed by atoms with Crippen LogP contribution in [0.15, 0.2) is 39.5 Å². The third-order valence-electron chi connectivity index (χ3n) is 3.52. The molecule has 1 aromatic carbocycles. The van der Waals surface area contributed by atoms with Crippen molar-refractivity contribution in [1.29, 1.82) is 0 Å². The monoisotopic (exact) mass is 328 g/mol. The Hall–Kier alpha value is -2.47. The van der Waals surface area contributed by atoms with E-state index in [9.17, 15) is 4.79 Å². The molecule has 3 rings (SSSR count). The molecular weight excluding hydrogens is 312 g/mol. The lowest BCUT2D eigenvalue weighted by Gasteiger charge is -2.05. The lowest BCUT2D eigenvalue weighted by molar-refractivity contribution is -0.144. The molecule has 0 aliphatic rings. The van der Waals surface area contributed by atoms with Gasteiger partial charge in [-0.05, 0) is 42.0 Å². The lowest BCUT2D eigenvalue weighted by atomic mass is 10.0. The molecule has 2 heterocycles.